The van der Waals surface area contributed by atoms with E-state index in [1.165, 1.54) is 0 Å². The highest BCUT2D eigenvalue weighted by Gasteiger charge is 2.34. The molecule has 27 heavy (non-hydrogen) atoms. The van der Waals surface area contributed by atoms with Gasteiger partial charge in [-0.05, 0) is 37.5 Å². The standard InChI is InChI=1S/C20H31Cl2N3O2/c1-4-23-18(25-13-20(8-10-26)9-11-27-14-20)24-12-19(2,3)17-15(21)6-5-7-16(17)22/h5-7,26H,4,8-14H2,1-3H3,(H2,23,24,25). The van der Waals surface area contributed by atoms with Crippen molar-refractivity contribution in [3.8, 4) is 0 Å². The van der Waals surface area contributed by atoms with Crippen LogP contribution in [0, 0.1) is 5.41 Å². The fourth-order valence-electron chi connectivity index (χ4n) is 3.42. The second-order valence-electron chi connectivity index (χ2n) is 7.81. The van der Waals surface area contributed by atoms with Gasteiger partial charge in [0.25, 0.3) is 0 Å². The highest BCUT2D eigenvalue weighted by Crippen LogP contribution is 2.36. The lowest BCUT2D eigenvalue weighted by atomic mass is 9.84. The van der Waals surface area contributed by atoms with Gasteiger partial charge in [0.15, 0.2) is 5.96 Å². The van der Waals surface area contributed by atoms with Crippen LogP contribution in [0.4, 0.5) is 0 Å². The maximum atomic E-state index is 9.39. The number of nitrogens with one attached hydrogen (secondary N) is 2. The molecular formula is C20H31Cl2N3O2. The zero-order valence-electron chi connectivity index (χ0n) is 16.4. The zero-order valence-corrected chi connectivity index (χ0v) is 18.0. The number of ether oxygens (including phenoxy) is 1. The molecule has 7 heteroatoms. The Kier molecular flexibility index (Phi) is 8.22. The third-order valence-electron chi connectivity index (χ3n) is 5.07. The van der Waals surface area contributed by atoms with E-state index in [0.29, 0.717) is 29.7 Å². The fourth-order valence-corrected chi connectivity index (χ4v) is 4.33. The van der Waals surface area contributed by atoms with E-state index in [0.717, 1.165) is 37.5 Å². The van der Waals surface area contributed by atoms with Crippen LogP contribution in [0.3, 0.4) is 0 Å². The summed E-state index contributed by atoms with van der Waals surface area (Å²) in [6.45, 7) is 9.81. The van der Waals surface area contributed by atoms with Gasteiger partial charge in [0.05, 0.1) is 13.2 Å². The third-order valence-corrected chi connectivity index (χ3v) is 5.70. The van der Waals surface area contributed by atoms with Gasteiger partial charge in [0, 0.05) is 47.2 Å². The number of guanidine groups is 1. The Hall–Kier alpha value is -1.01. The molecule has 0 spiro atoms. The van der Waals surface area contributed by atoms with E-state index in [4.69, 9.17) is 32.9 Å². The summed E-state index contributed by atoms with van der Waals surface area (Å²) >= 11 is 12.8. The van der Waals surface area contributed by atoms with Gasteiger partial charge in [-0.1, -0.05) is 43.1 Å². The van der Waals surface area contributed by atoms with E-state index in [9.17, 15) is 5.11 Å². The molecule has 1 aromatic carbocycles. The van der Waals surface area contributed by atoms with Crippen molar-refractivity contribution in [1.29, 1.82) is 0 Å². The molecule has 2 rings (SSSR count). The lowest BCUT2D eigenvalue weighted by Gasteiger charge is -2.29. The number of hydrogen-bond donors (Lipinski definition) is 3. The number of rotatable bonds is 8. The monoisotopic (exact) mass is 415 g/mol. The average molecular weight is 416 g/mol. The quantitative estimate of drug-likeness (QED) is 0.448. The van der Waals surface area contributed by atoms with Crippen molar-refractivity contribution >= 4 is 29.2 Å². The van der Waals surface area contributed by atoms with Crippen LogP contribution in [-0.4, -0.2) is 50.5 Å². The molecule has 0 saturated carbocycles. The van der Waals surface area contributed by atoms with Crippen molar-refractivity contribution in [2.75, 3.05) is 39.5 Å². The smallest absolute Gasteiger partial charge is 0.191 e. The highest BCUT2D eigenvalue weighted by atomic mass is 35.5. The second-order valence-corrected chi connectivity index (χ2v) is 8.62. The average Bonchev–Trinajstić information content (AvgIpc) is 3.06. The molecule has 152 valence electrons. The molecule has 0 bridgehead atoms. The fraction of sp³-hybridized carbons (Fsp3) is 0.650. The number of aliphatic hydroxyl groups is 1. The Balaban J connectivity index is 2.10. The number of aliphatic hydroxyl groups excluding tert-OH is 1. The molecule has 0 aromatic heterocycles. The normalized spacial score (nSPS) is 20.7. The topological polar surface area (TPSA) is 65.9 Å². The summed E-state index contributed by atoms with van der Waals surface area (Å²) in [5.41, 5.74) is 0.567. The minimum absolute atomic E-state index is 0.0352. The van der Waals surface area contributed by atoms with E-state index in [2.05, 4.69) is 24.5 Å². The number of benzene rings is 1. The van der Waals surface area contributed by atoms with E-state index >= 15 is 0 Å². The molecule has 0 aliphatic carbocycles. The molecule has 5 nitrogen and oxygen atoms in total. The van der Waals surface area contributed by atoms with Crippen LogP contribution in [0.1, 0.15) is 39.2 Å². The molecule has 0 amide bonds. The SMILES string of the molecule is CCNC(=NCC(C)(C)c1c(Cl)cccc1Cl)NCC1(CCO)CCOC1. The lowest BCUT2D eigenvalue weighted by molar-refractivity contribution is 0.127. The van der Waals surface area contributed by atoms with Crippen molar-refractivity contribution in [2.45, 2.75) is 39.0 Å². The lowest BCUT2D eigenvalue weighted by Crippen LogP contribution is -2.45. The molecular weight excluding hydrogens is 385 g/mol. The van der Waals surface area contributed by atoms with E-state index in [1.54, 1.807) is 0 Å². The molecule has 1 atom stereocenters. The summed E-state index contributed by atoms with van der Waals surface area (Å²) < 4.78 is 5.56. The van der Waals surface area contributed by atoms with Crippen LogP contribution in [0.15, 0.2) is 23.2 Å². The molecule has 0 radical (unpaired) electrons. The van der Waals surface area contributed by atoms with Gasteiger partial charge < -0.3 is 20.5 Å². The van der Waals surface area contributed by atoms with E-state index in [1.807, 2.05) is 25.1 Å². The van der Waals surface area contributed by atoms with Gasteiger partial charge >= 0.3 is 0 Å². The number of halogens is 2. The van der Waals surface area contributed by atoms with E-state index in [-0.39, 0.29) is 17.4 Å². The number of aliphatic imine (C=N–C) groups is 1. The van der Waals surface area contributed by atoms with Crippen LogP contribution in [0.25, 0.3) is 0 Å². The molecule has 1 aliphatic heterocycles. The van der Waals surface area contributed by atoms with Crippen molar-refractivity contribution in [3.05, 3.63) is 33.8 Å². The number of nitrogens with zero attached hydrogens (tertiary/aromatic N) is 1. The minimum atomic E-state index is -0.308. The Morgan fingerprint density at radius 3 is 2.56 bits per heavy atom. The Morgan fingerprint density at radius 1 is 1.30 bits per heavy atom. The largest absolute Gasteiger partial charge is 0.396 e. The maximum Gasteiger partial charge on any atom is 0.191 e. The summed E-state index contributed by atoms with van der Waals surface area (Å²) in [7, 11) is 0. The maximum absolute atomic E-state index is 9.39. The van der Waals surface area contributed by atoms with Crippen LogP contribution >= 0.6 is 23.2 Å². The zero-order chi connectivity index (χ0) is 19.9. The molecule has 1 heterocycles. The van der Waals surface area contributed by atoms with Gasteiger partial charge in [-0.2, -0.15) is 0 Å². The van der Waals surface area contributed by atoms with Crippen molar-refractivity contribution in [1.82, 2.24) is 10.6 Å². The molecule has 1 unspecified atom stereocenters. The first-order valence-corrected chi connectivity index (χ1v) is 10.2. The Morgan fingerprint density at radius 2 is 2.00 bits per heavy atom. The van der Waals surface area contributed by atoms with Crippen LogP contribution < -0.4 is 10.6 Å². The van der Waals surface area contributed by atoms with Crippen molar-refractivity contribution in [3.63, 3.8) is 0 Å². The summed E-state index contributed by atoms with van der Waals surface area (Å²) in [5, 5.41) is 17.4. The highest BCUT2D eigenvalue weighted by molar-refractivity contribution is 6.36. The van der Waals surface area contributed by atoms with Crippen molar-refractivity contribution in [2.24, 2.45) is 10.4 Å². The second kappa shape index (κ2) is 9.97. The molecule has 1 aliphatic rings. The van der Waals surface area contributed by atoms with Crippen LogP contribution in [0.2, 0.25) is 10.0 Å². The predicted octanol–water partition coefficient (Wildman–Crippen LogP) is 3.62. The Labute approximate surface area is 172 Å². The van der Waals surface area contributed by atoms with Gasteiger partial charge in [0.2, 0.25) is 0 Å². The summed E-state index contributed by atoms with van der Waals surface area (Å²) in [6, 6.07) is 5.57. The number of hydrogen-bond acceptors (Lipinski definition) is 3. The molecule has 1 aromatic rings. The first kappa shape index (κ1) is 22.3. The van der Waals surface area contributed by atoms with Crippen LogP contribution in [-0.2, 0) is 10.2 Å². The molecule has 3 N–H and O–H groups in total. The first-order chi connectivity index (χ1) is 12.8. The minimum Gasteiger partial charge on any atom is -0.396 e. The van der Waals surface area contributed by atoms with Gasteiger partial charge in [-0.15, -0.1) is 0 Å². The van der Waals surface area contributed by atoms with Gasteiger partial charge in [-0.3, -0.25) is 4.99 Å². The first-order valence-electron chi connectivity index (χ1n) is 9.49. The van der Waals surface area contributed by atoms with Gasteiger partial charge in [-0.25, -0.2) is 0 Å². The summed E-state index contributed by atoms with van der Waals surface area (Å²) in [4.78, 5) is 4.77. The predicted molar refractivity (Wildman–Crippen MR) is 113 cm³/mol. The Bertz CT molecular complexity index is 624. The van der Waals surface area contributed by atoms with E-state index < -0.39 is 0 Å². The van der Waals surface area contributed by atoms with Crippen molar-refractivity contribution < 1.29 is 9.84 Å². The molecule has 1 fully saturated rings. The van der Waals surface area contributed by atoms with Gasteiger partial charge in [0.1, 0.15) is 0 Å². The summed E-state index contributed by atoms with van der Waals surface area (Å²) in [5.74, 6) is 0.748. The van der Waals surface area contributed by atoms with Crippen LogP contribution in [0.5, 0.6) is 0 Å². The third kappa shape index (κ3) is 5.98. The summed E-state index contributed by atoms with van der Waals surface area (Å²) in [6.07, 6.45) is 1.67. The molecule has 1 saturated heterocycles.